The summed E-state index contributed by atoms with van der Waals surface area (Å²) in [4.78, 5) is 21.2. The Morgan fingerprint density at radius 3 is 1.88 bits per heavy atom. The number of carboxylic acids is 2. The SMILES string of the molecule is C=C(C)C.CCCC(CC(=O)O)(OC)C(=O)O. The van der Waals surface area contributed by atoms with Crippen LogP contribution >= 0.6 is 0 Å². The van der Waals surface area contributed by atoms with E-state index in [0.29, 0.717) is 6.42 Å². The number of carboxylic acid groups (broad SMARTS) is 2. The number of hydrogen-bond acceptors (Lipinski definition) is 3. The summed E-state index contributed by atoms with van der Waals surface area (Å²) < 4.78 is 4.77. The van der Waals surface area contributed by atoms with E-state index in [2.05, 4.69) is 6.58 Å². The molecule has 0 radical (unpaired) electrons. The van der Waals surface area contributed by atoms with Crippen molar-refractivity contribution in [3.63, 3.8) is 0 Å². The normalized spacial score (nSPS) is 12.9. The maximum atomic E-state index is 10.8. The summed E-state index contributed by atoms with van der Waals surface area (Å²) in [5.41, 5.74) is -0.402. The van der Waals surface area contributed by atoms with Gasteiger partial charge in [0.2, 0.25) is 0 Å². The lowest BCUT2D eigenvalue weighted by molar-refractivity contribution is -0.170. The van der Waals surface area contributed by atoms with Gasteiger partial charge in [0.25, 0.3) is 0 Å². The maximum absolute atomic E-state index is 10.8. The van der Waals surface area contributed by atoms with Crippen LogP contribution in [0.2, 0.25) is 0 Å². The van der Waals surface area contributed by atoms with Crippen molar-refractivity contribution in [1.29, 1.82) is 0 Å². The van der Waals surface area contributed by atoms with Crippen LogP contribution in [-0.4, -0.2) is 34.9 Å². The van der Waals surface area contributed by atoms with Crippen LogP contribution in [0.3, 0.4) is 0 Å². The number of allylic oxidation sites excluding steroid dienone is 1. The summed E-state index contributed by atoms with van der Waals surface area (Å²) in [6.07, 6.45) is 0.255. The average Bonchev–Trinajstić information content (AvgIpc) is 2.15. The fourth-order valence-electron chi connectivity index (χ4n) is 1.18. The third-order valence-electron chi connectivity index (χ3n) is 1.87. The third kappa shape index (κ3) is 8.45. The molecule has 1 unspecified atom stereocenters. The summed E-state index contributed by atoms with van der Waals surface area (Å²) in [6.45, 7) is 9.28. The van der Waals surface area contributed by atoms with Gasteiger partial charge in [-0.1, -0.05) is 18.9 Å². The quantitative estimate of drug-likeness (QED) is 0.702. The van der Waals surface area contributed by atoms with Crippen LogP contribution in [0.5, 0.6) is 0 Å². The topological polar surface area (TPSA) is 83.8 Å². The predicted molar refractivity (Wildman–Crippen MR) is 65.0 cm³/mol. The van der Waals surface area contributed by atoms with Gasteiger partial charge in [-0.15, -0.1) is 6.58 Å². The van der Waals surface area contributed by atoms with Crippen molar-refractivity contribution >= 4 is 11.9 Å². The van der Waals surface area contributed by atoms with Gasteiger partial charge < -0.3 is 14.9 Å². The number of ether oxygens (including phenoxy) is 1. The standard InChI is InChI=1S/C8H14O5.C4H8/c1-3-4-8(13-2,7(11)12)5-6(9)10;1-4(2)3/h3-5H2,1-2H3,(H,9,10)(H,11,12);1H2,2-3H3. The van der Waals surface area contributed by atoms with Gasteiger partial charge in [-0.05, 0) is 20.3 Å². The molecule has 0 aromatic carbocycles. The fourth-order valence-corrected chi connectivity index (χ4v) is 1.18. The second-order valence-electron chi connectivity index (χ2n) is 4.03. The summed E-state index contributed by atoms with van der Waals surface area (Å²) >= 11 is 0. The first-order valence-corrected chi connectivity index (χ1v) is 5.34. The highest BCUT2D eigenvalue weighted by Gasteiger charge is 2.40. The van der Waals surface area contributed by atoms with Crippen LogP contribution < -0.4 is 0 Å². The zero-order valence-corrected chi connectivity index (χ0v) is 10.9. The zero-order valence-electron chi connectivity index (χ0n) is 10.9. The maximum Gasteiger partial charge on any atom is 0.336 e. The smallest absolute Gasteiger partial charge is 0.336 e. The molecular weight excluding hydrogens is 224 g/mol. The molecule has 1 atom stereocenters. The lowest BCUT2D eigenvalue weighted by Gasteiger charge is -2.25. The van der Waals surface area contributed by atoms with Gasteiger partial charge in [-0.2, -0.15) is 0 Å². The van der Waals surface area contributed by atoms with Crippen LogP contribution in [0.25, 0.3) is 0 Å². The molecule has 0 amide bonds. The van der Waals surface area contributed by atoms with Gasteiger partial charge in [0.05, 0.1) is 6.42 Å². The van der Waals surface area contributed by atoms with Crippen molar-refractivity contribution in [2.45, 2.75) is 45.6 Å². The van der Waals surface area contributed by atoms with E-state index in [9.17, 15) is 9.59 Å². The fraction of sp³-hybridized carbons (Fsp3) is 0.667. The molecule has 5 heteroatoms. The number of hydrogen-bond donors (Lipinski definition) is 2. The number of carbonyl (C=O) groups is 2. The Labute approximate surface area is 102 Å². The third-order valence-corrected chi connectivity index (χ3v) is 1.87. The van der Waals surface area contributed by atoms with Crippen molar-refractivity contribution in [1.82, 2.24) is 0 Å². The van der Waals surface area contributed by atoms with Crippen LogP contribution in [0.1, 0.15) is 40.0 Å². The highest BCUT2D eigenvalue weighted by atomic mass is 16.5. The van der Waals surface area contributed by atoms with Crippen molar-refractivity contribution in [2.75, 3.05) is 7.11 Å². The van der Waals surface area contributed by atoms with E-state index < -0.39 is 24.0 Å². The first kappa shape index (κ1) is 18.0. The second kappa shape index (κ2) is 8.75. The van der Waals surface area contributed by atoms with Gasteiger partial charge in [-0.25, -0.2) is 4.79 Å². The van der Waals surface area contributed by atoms with Crippen LogP contribution in [0, 0.1) is 0 Å². The average molecular weight is 246 g/mol. The van der Waals surface area contributed by atoms with E-state index in [1.165, 1.54) is 12.7 Å². The van der Waals surface area contributed by atoms with E-state index in [-0.39, 0.29) is 6.42 Å². The molecule has 0 bridgehead atoms. The summed E-state index contributed by atoms with van der Waals surface area (Å²) in [5, 5.41) is 17.3. The second-order valence-corrected chi connectivity index (χ2v) is 4.03. The van der Waals surface area contributed by atoms with E-state index >= 15 is 0 Å². The molecule has 0 aliphatic carbocycles. The molecule has 5 nitrogen and oxygen atoms in total. The van der Waals surface area contributed by atoms with Gasteiger partial charge in [0.15, 0.2) is 5.60 Å². The van der Waals surface area contributed by atoms with Crippen LogP contribution in [-0.2, 0) is 14.3 Å². The minimum absolute atomic E-state index is 0.200. The molecule has 0 rings (SSSR count). The molecule has 0 fully saturated rings. The van der Waals surface area contributed by atoms with E-state index in [1.54, 1.807) is 6.92 Å². The Morgan fingerprint density at radius 2 is 1.71 bits per heavy atom. The molecule has 0 aromatic heterocycles. The molecule has 0 aromatic rings. The van der Waals surface area contributed by atoms with Gasteiger partial charge >= 0.3 is 11.9 Å². The Balaban J connectivity index is 0. The molecule has 0 aliphatic heterocycles. The van der Waals surface area contributed by atoms with E-state index in [1.807, 2.05) is 13.8 Å². The lowest BCUT2D eigenvalue weighted by atomic mass is 9.94. The number of rotatable bonds is 6. The summed E-state index contributed by atoms with van der Waals surface area (Å²) in [7, 11) is 1.21. The lowest BCUT2D eigenvalue weighted by Crippen LogP contribution is -2.42. The predicted octanol–water partition coefficient (Wildman–Crippen LogP) is 2.31. The molecule has 0 heterocycles. The Morgan fingerprint density at radius 1 is 1.29 bits per heavy atom. The minimum atomic E-state index is -1.57. The van der Waals surface area contributed by atoms with Gasteiger partial charge in [0, 0.05) is 7.11 Å². The Kier molecular flexibility index (Phi) is 9.28. The molecular formula is C12H22O5. The van der Waals surface area contributed by atoms with Gasteiger partial charge in [0.1, 0.15) is 0 Å². The number of methoxy groups -OCH3 is 1. The highest BCUT2D eigenvalue weighted by molar-refractivity contribution is 5.83. The van der Waals surface area contributed by atoms with E-state index in [4.69, 9.17) is 14.9 Å². The molecule has 100 valence electrons. The highest BCUT2D eigenvalue weighted by Crippen LogP contribution is 2.22. The largest absolute Gasteiger partial charge is 0.481 e. The first-order valence-electron chi connectivity index (χ1n) is 5.34. The number of aliphatic carboxylic acids is 2. The van der Waals surface area contributed by atoms with Crippen molar-refractivity contribution < 1.29 is 24.5 Å². The minimum Gasteiger partial charge on any atom is -0.481 e. The van der Waals surface area contributed by atoms with Crippen LogP contribution in [0.4, 0.5) is 0 Å². The molecule has 0 saturated carbocycles. The van der Waals surface area contributed by atoms with Crippen molar-refractivity contribution in [3.8, 4) is 0 Å². The zero-order chi connectivity index (χ0) is 14.1. The first-order chi connectivity index (χ1) is 7.71. The van der Waals surface area contributed by atoms with Crippen molar-refractivity contribution in [2.24, 2.45) is 0 Å². The molecule has 0 aliphatic rings. The molecule has 0 spiro atoms. The molecule has 17 heavy (non-hydrogen) atoms. The Hall–Kier alpha value is -1.36. The van der Waals surface area contributed by atoms with Gasteiger partial charge in [-0.3, -0.25) is 4.79 Å². The summed E-state index contributed by atoms with van der Waals surface area (Å²) in [5.74, 6) is -2.39. The van der Waals surface area contributed by atoms with Crippen molar-refractivity contribution in [3.05, 3.63) is 12.2 Å². The van der Waals surface area contributed by atoms with E-state index in [0.717, 1.165) is 0 Å². The monoisotopic (exact) mass is 246 g/mol. The molecule has 0 saturated heterocycles. The summed E-state index contributed by atoms with van der Waals surface area (Å²) in [6, 6.07) is 0. The molecule has 2 N–H and O–H groups in total. The van der Waals surface area contributed by atoms with Crippen LogP contribution in [0.15, 0.2) is 12.2 Å². The Bertz CT molecular complexity index is 268.